The predicted molar refractivity (Wildman–Crippen MR) is 78.9 cm³/mol. The molecule has 0 radical (unpaired) electrons. The first-order valence-corrected chi connectivity index (χ1v) is 6.73. The molecule has 2 amide bonds. The van der Waals surface area contributed by atoms with Gasteiger partial charge in [0.25, 0.3) is 5.91 Å². The van der Waals surface area contributed by atoms with Gasteiger partial charge < -0.3 is 9.26 Å². The highest BCUT2D eigenvalue weighted by Gasteiger charge is 2.23. The van der Waals surface area contributed by atoms with Crippen molar-refractivity contribution in [2.75, 3.05) is 6.61 Å². The van der Waals surface area contributed by atoms with Gasteiger partial charge in [0.15, 0.2) is 6.61 Å². The molecule has 0 atom stereocenters. The number of rotatable bonds is 4. The molecule has 0 unspecified atom stereocenters. The van der Waals surface area contributed by atoms with Gasteiger partial charge in [0.2, 0.25) is 5.91 Å². The second-order valence-corrected chi connectivity index (χ2v) is 4.63. The van der Waals surface area contributed by atoms with Crippen molar-refractivity contribution in [1.82, 2.24) is 16.0 Å². The van der Waals surface area contributed by atoms with E-state index in [0.717, 1.165) is 0 Å². The van der Waals surface area contributed by atoms with Gasteiger partial charge in [-0.1, -0.05) is 35.5 Å². The van der Waals surface area contributed by atoms with E-state index in [1.807, 2.05) is 6.07 Å². The van der Waals surface area contributed by atoms with Gasteiger partial charge in [-0.15, -0.1) is 0 Å². The number of ether oxygens (including phenoxy) is 1. The third kappa shape index (κ3) is 4.16. The van der Waals surface area contributed by atoms with Crippen LogP contribution in [0.4, 0.5) is 0 Å². The fraction of sp³-hybridized carbons (Fsp3) is 0.200. The summed E-state index contributed by atoms with van der Waals surface area (Å²) in [5.74, 6) is -1.55. The molecule has 0 bridgehead atoms. The van der Waals surface area contributed by atoms with E-state index in [2.05, 4.69) is 16.0 Å². The number of esters is 1. The van der Waals surface area contributed by atoms with Gasteiger partial charge in [0.1, 0.15) is 17.0 Å². The van der Waals surface area contributed by atoms with Crippen molar-refractivity contribution in [3.8, 4) is 11.3 Å². The molecule has 0 aliphatic rings. The van der Waals surface area contributed by atoms with Crippen molar-refractivity contribution in [3.05, 3.63) is 41.7 Å². The summed E-state index contributed by atoms with van der Waals surface area (Å²) in [7, 11) is 0. The second-order valence-electron chi connectivity index (χ2n) is 4.63. The first-order chi connectivity index (χ1) is 11.0. The Kier molecular flexibility index (Phi) is 5.08. The zero-order valence-electron chi connectivity index (χ0n) is 12.6. The van der Waals surface area contributed by atoms with Crippen LogP contribution in [-0.2, 0) is 14.3 Å². The molecule has 120 valence electrons. The zero-order valence-corrected chi connectivity index (χ0v) is 12.6. The Morgan fingerprint density at radius 3 is 2.52 bits per heavy atom. The van der Waals surface area contributed by atoms with Crippen LogP contribution in [0.15, 0.2) is 34.9 Å². The lowest BCUT2D eigenvalue weighted by molar-refractivity contribution is -0.129. The number of benzene rings is 1. The molecule has 8 heteroatoms. The number of hydrogen-bond donors (Lipinski definition) is 2. The number of carbonyl (C=O) groups excluding carboxylic acids is 3. The van der Waals surface area contributed by atoms with Crippen molar-refractivity contribution in [2.24, 2.45) is 0 Å². The minimum absolute atomic E-state index is 0.156. The summed E-state index contributed by atoms with van der Waals surface area (Å²) in [4.78, 5) is 34.3. The van der Waals surface area contributed by atoms with Crippen molar-refractivity contribution in [3.63, 3.8) is 0 Å². The number of amides is 2. The van der Waals surface area contributed by atoms with Crippen molar-refractivity contribution < 1.29 is 23.6 Å². The number of nitrogens with zero attached hydrogens (tertiary/aromatic N) is 1. The molecule has 1 aromatic carbocycles. The van der Waals surface area contributed by atoms with Gasteiger partial charge in [0, 0.05) is 12.5 Å². The zero-order chi connectivity index (χ0) is 16.8. The molecule has 1 aromatic heterocycles. The lowest BCUT2D eigenvalue weighted by Crippen LogP contribution is -2.42. The van der Waals surface area contributed by atoms with E-state index < -0.39 is 24.4 Å². The molecule has 8 nitrogen and oxygen atoms in total. The van der Waals surface area contributed by atoms with Crippen LogP contribution in [-0.4, -0.2) is 29.5 Å². The van der Waals surface area contributed by atoms with Gasteiger partial charge in [-0.05, 0) is 6.92 Å². The molecule has 2 rings (SSSR count). The van der Waals surface area contributed by atoms with E-state index in [-0.39, 0.29) is 11.3 Å². The first-order valence-electron chi connectivity index (χ1n) is 6.73. The van der Waals surface area contributed by atoms with Crippen LogP contribution in [0.2, 0.25) is 0 Å². The summed E-state index contributed by atoms with van der Waals surface area (Å²) in [6.07, 6.45) is 0. The van der Waals surface area contributed by atoms with Gasteiger partial charge in [-0.3, -0.25) is 20.4 Å². The highest BCUT2D eigenvalue weighted by atomic mass is 16.5. The van der Waals surface area contributed by atoms with Crippen LogP contribution in [0.25, 0.3) is 11.3 Å². The minimum atomic E-state index is -0.736. The summed E-state index contributed by atoms with van der Waals surface area (Å²) in [6, 6.07) is 8.99. The van der Waals surface area contributed by atoms with Crippen LogP contribution in [0.5, 0.6) is 0 Å². The predicted octanol–water partition coefficient (Wildman–Crippen LogP) is 0.974. The van der Waals surface area contributed by atoms with Crippen molar-refractivity contribution in [1.29, 1.82) is 0 Å². The van der Waals surface area contributed by atoms with E-state index in [0.29, 0.717) is 11.3 Å². The Bertz CT molecular complexity index is 724. The van der Waals surface area contributed by atoms with Crippen LogP contribution in [0.3, 0.4) is 0 Å². The number of hydrogen-bond acceptors (Lipinski definition) is 6. The van der Waals surface area contributed by atoms with E-state index in [9.17, 15) is 14.4 Å². The maximum Gasteiger partial charge on any atom is 0.344 e. The molecule has 0 aliphatic carbocycles. The quantitative estimate of drug-likeness (QED) is 0.642. The van der Waals surface area contributed by atoms with Gasteiger partial charge in [0.05, 0.1) is 0 Å². The Morgan fingerprint density at radius 1 is 1.17 bits per heavy atom. The monoisotopic (exact) mass is 317 g/mol. The average Bonchev–Trinajstić information content (AvgIpc) is 2.93. The van der Waals surface area contributed by atoms with Gasteiger partial charge in [-0.2, -0.15) is 0 Å². The minimum Gasteiger partial charge on any atom is -0.452 e. The maximum atomic E-state index is 12.2. The van der Waals surface area contributed by atoms with Crippen LogP contribution < -0.4 is 10.9 Å². The Balaban J connectivity index is 2.07. The fourth-order valence-corrected chi connectivity index (χ4v) is 1.80. The molecule has 2 N–H and O–H groups in total. The number of nitrogens with one attached hydrogen (secondary N) is 2. The summed E-state index contributed by atoms with van der Waals surface area (Å²) >= 11 is 0. The average molecular weight is 317 g/mol. The Hall–Kier alpha value is -3.16. The van der Waals surface area contributed by atoms with E-state index in [4.69, 9.17) is 9.26 Å². The maximum absolute atomic E-state index is 12.2. The molecule has 0 spiro atoms. The Morgan fingerprint density at radius 2 is 1.87 bits per heavy atom. The summed E-state index contributed by atoms with van der Waals surface area (Å²) in [6.45, 7) is 2.27. The second kappa shape index (κ2) is 7.21. The molecule has 23 heavy (non-hydrogen) atoms. The summed E-state index contributed by atoms with van der Waals surface area (Å²) in [5, 5.41) is 3.86. The summed E-state index contributed by atoms with van der Waals surface area (Å²) in [5.41, 5.74) is 5.37. The van der Waals surface area contributed by atoms with Crippen molar-refractivity contribution in [2.45, 2.75) is 13.8 Å². The van der Waals surface area contributed by atoms with Gasteiger partial charge in [-0.25, -0.2) is 4.79 Å². The molecule has 0 aliphatic heterocycles. The standard InChI is InChI=1S/C15H15N3O5/c1-9-13(14(18-23-9)11-6-4-3-5-7-11)15(21)22-8-12(20)17-16-10(2)19/h3-7H,8H2,1-2H3,(H,16,19)(H,17,20). The van der Waals surface area contributed by atoms with Crippen LogP contribution >= 0.6 is 0 Å². The summed E-state index contributed by atoms with van der Waals surface area (Å²) < 4.78 is 9.97. The molecule has 2 aromatic rings. The highest BCUT2D eigenvalue weighted by Crippen LogP contribution is 2.25. The molecule has 0 saturated carbocycles. The fourth-order valence-electron chi connectivity index (χ4n) is 1.80. The van der Waals surface area contributed by atoms with Gasteiger partial charge >= 0.3 is 5.97 Å². The molecular weight excluding hydrogens is 302 g/mol. The van der Waals surface area contributed by atoms with E-state index in [1.165, 1.54) is 6.92 Å². The normalized spacial score (nSPS) is 10.0. The number of carbonyl (C=O) groups is 3. The SMILES string of the molecule is CC(=O)NNC(=O)COC(=O)c1c(-c2ccccc2)noc1C. The molecule has 0 fully saturated rings. The van der Waals surface area contributed by atoms with Crippen LogP contribution in [0, 0.1) is 6.92 Å². The smallest absolute Gasteiger partial charge is 0.344 e. The topological polar surface area (TPSA) is 111 Å². The number of aryl methyl sites for hydroxylation is 1. The molecule has 0 saturated heterocycles. The number of hydrazine groups is 1. The highest BCUT2D eigenvalue weighted by molar-refractivity contribution is 5.98. The molecule has 1 heterocycles. The lowest BCUT2D eigenvalue weighted by Gasteiger charge is -2.06. The molecular formula is C15H15N3O5. The van der Waals surface area contributed by atoms with E-state index in [1.54, 1.807) is 31.2 Å². The van der Waals surface area contributed by atoms with Crippen molar-refractivity contribution >= 4 is 17.8 Å². The Labute approximate surface area is 131 Å². The third-order valence-corrected chi connectivity index (χ3v) is 2.83. The third-order valence-electron chi connectivity index (χ3n) is 2.83. The first kappa shape index (κ1) is 16.2. The number of aromatic nitrogens is 1. The van der Waals surface area contributed by atoms with E-state index >= 15 is 0 Å². The lowest BCUT2D eigenvalue weighted by atomic mass is 10.1. The van der Waals surface area contributed by atoms with Crippen LogP contribution in [0.1, 0.15) is 23.0 Å². The largest absolute Gasteiger partial charge is 0.452 e.